The Labute approximate surface area is 122 Å². The van der Waals surface area contributed by atoms with E-state index in [4.69, 9.17) is 4.74 Å². The fraction of sp³-hybridized carbons (Fsp3) is 0.769. The zero-order chi connectivity index (χ0) is 14.0. The minimum Gasteiger partial charge on any atom is -0.384 e. The van der Waals surface area contributed by atoms with E-state index in [2.05, 4.69) is 25.9 Å². The molecule has 108 valence electrons. The van der Waals surface area contributed by atoms with Crippen LogP contribution in [0.1, 0.15) is 31.6 Å². The van der Waals surface area contributed by atoms with Crippen molar-refractivity contribution >= 4 is 15.9 Å². The lowest BCUT2D eigenvalue weighted by Crippen LogP contribution is -2.25. The third-order valence-corrected chi connectivity index (χ3v) is 4.10. The van der Waals surface area contributed by atoms with E-state index in [0.717, 1.165) is 36.1 Å². The quantitative estimate of drug-likeness (QED) is 0.893. The Bertz CT molecular complexity index is 422. The number of halogens is 1. The first-order valence-corrected chi connectivity index (χ1v) is 7.47. The van der Waals surface area contributed by atoms with Crippen LogP contribution >= 0.6 is 15.9 Å². The largest absolute Gasteiger partial charge is 0.384 e. The molecule has 2 heterocycles. The fourth-order valence-corrected chi connectivity index (χ4v) is 2.91. The smallest absolute Gasteiger partial charge is 0.123 e. The summed E-state index contributed by atoms with van der Waals surface area (Å²) < 4.78 is 8.47. The molecule has 0 aromatic carbocycles. The van der Waals surface area contributed by atoms with Gasteiger partial charge in [-0.2, -0.15) is 5.10 Å². The number of rotatable bonds is 5. The number of likely N-dealkylation sites (N-methyl/N-ethyl adjacent to an activating group) is 1. The molecule has 5 nitrogen and oxygen atoms in total. The fourth-order valence-electron chi connectivity index (χ4n) is 2.38. The molecule has 3 atom stereocenters. The van der Waals surface area contributed by atoms with E-state index in [1.165, 1.54) is 0 Å². The summed E-state index contributed by atoms with van der Waals surface area (Å²) in [5, 5.41) is 14.9. The van der Waals surface area contributed by atoms with Crippen LogP contribution < -0.4 is 0 Å². The Kier molecular flexibility index (Phi) is 5.00. The third-order valence-electron chi connectivity index (χ3n) is 3.49. The van der Waals surface area contributed by atoms with Crippen LogP contribution in [0.25, 0.3) is 0 Å². The maximum atomic E-state index is 10.5. The van der Waals surface area contributed by atoms with Gasteiger partial charge in [-0.15, -0.1) is 0 Å². The summed E-state index contributed by atoms with van der Waals surface area (Å²) in [6, 6.07) is 0. The Balaban J connectivity index is 2.11. The van der Waals surface area contributed by atoms with Gasteiger partial charge in [0.05, 0.1) is 35.1 Å². The van der Waals surface area contributed by atoms with Crippen LogP contribution in [-0.2, 0) is 11.3 Å². The molecule has 1 aliphatic rings. The molecule has 0 aliphatic carbocycles. The van der Waals surface area contributed by atoms with Crippen molar-refractivity contribution in [2.45, 2.75) is 44.6 Å². The molecular weight excluding hydrogens is 310 g/mol. The number of aliphatic hydroxyl groups excluding tert-OH is 1. The predicted octanol–water partition coefficient (Wildman–Crippen LogP) is 1.81. The predicted molar refractivity (Wildman–Crippen MR) is 77.0 cm³/mol. The van der Waals surface area contributed by atoms with Crippen LogP contribution in [-0.4, -0.2) is 52.6 Å². The first-order chi connectivity index (χ1) is 8.99. The molecule has 0 saturated carbocycles. The molecule has 1 aromatic heterocycles. The zero-order valence-electron chi connectivity index (χ0n) is 11.7. The molecule has 1 N–H and O–H groups in total. The molecule has 0 spiro atoms. The van der Waals surface area contributed by atoms with E-state index in [1.54, 1.807) is 6.20 Å². The van der Waals surface area contributed by atoms with Crippen molar-refractivity contribution in [3.63, 3.8) is 0 Å². The maximum absolute atomic E-state index is 10.5. The number of hydrogen-bond donors (Lipinski definition) is 1. The molecule has 6 heteroatoms. The van der Waals surface area contributed by atoms with Crippen LogP contribution in [0.4, 0.5) is 0 Å². The molecular formula is C13H22BrN3O2. The van der Waals surface area contributed by atoms with Crippen LogP contribution in [0.3, 0.4) is 0 Å². The summed E-state index contributed by atoms with van der Waals surface area (Å²) >= 11 is 3.47. The monoisotopic (exact) mass is 331 g/mol. The van der Waals surface area contributed by atoms with Gasteiger partial charge in [-0.25, -0.2) is 0 Å². The summed E-state index contributed by atoms with van der Waals surface area (Å²) in [5.41, 5.74) is 0.820. The molecule has 1 aliphatic heterocycles. The van der Waals surface area contributed by atoms with Crippen molar-refractivity contribution in [3.05, 3.63) is 16.4 Å². The summed E-state index contributed by atoms with van der Waals surface area (Å²) in [7, 11) is 4.05. The van der Waals surface area contributed by atoms with Crippen molar-refractivity contribution in [2.75, 3.05) is 20.6 Å². The van der Waals surface area contributed by atoms with E-state index in [1.807, 2.05) is 25.7 Å². The van der Waals surface area contributed by atoms with Gasteiger partial charge in [-0.05, 0) is 49.8 Å². The molecule has 1 fully saturated rings. The number of hydrogen-bond acceptors (Lipinski definition) is 4. The lowest BCUT2D eigenvalue weighted by molar-refractivity contribution is -0.0335. The molecule has 1 aromatic rings. The highest BCUT2D eigenvalue weighted by atomic mass is 79.9. The van der Waals surface area contributed by atoms with Crippen molar-refractivity contribution in [2.24, 2.45) is 0 Å². The Morgan fingerprint density at radius 3 is 2.89 bits per heavy atom. The lowest BCUT2D eigenvalue weighted by Gasteiger charge is -2.21. The first kappa shape index (κ1) is 15.0. The molecule has 3 unspecified atom stereocenters. The van der Waals surface area contributed by atoms with Crippen molar-refractivity contribution in [1.29, 1.82) is 0 Å². The highest BCUT2D eigenvalue weighted by Gasteiger charge is 2.32. The Morgan fingerprint density at radius 2 is 2.32 bits per heavy atom. The normalized spacial score (nSPS) is 25.2. The third kappa shape index (κ3) is 3.56. The first-order valence-electron chi connectivity index (χ1n) is 6.68. The Morgan fingerprint density at radius 1 is 1.58 bits per heavy atom. The highest BCUT2D eigenvalue weighted by Crippen LogP contribution is 2.33. The van der Waals surface area contributed by atoms with E-state index in [9.17, 15) is 5.11 Å². The van der Waals surface area contributed by atoms with Crippen LogP contribution in [0.5, 0.6) is 0 Å². The second kappa shape index (κ2) is 6.35. The van der Waals surface area contributed by atoms with Gasteiger partial charge in [0.15, 0.2) is 0 Å². The average molecular weight is 332 g/mol. The Hall–Kier alpha value is -0.430. The summed E-state index contributed by atoms with van der Waals surface area (Å²) in [6.45, 7) is 3.69. The molecule has 0 radical (unpaired) electrons. The van der Waals surface area contributed by atoms with Gasteiger partial charge in [0, 0.05) is 6.54 Å². The van der Waals surface area contributed by atoms with E-state index in [0.29, 0.717) is 0 Å². The van der Waals surface area contributed by atoms with Gasteiger partial charge in [0.1, 0.15) is 6.10 Å². The number of nitrogens with zero attached hydrogens (tertiary/aromatic N) is 3. The number of aliphatic hydroxyl groups is 1. The van der Waals surface area contributed by atoms with Gasteiger partial charge in [0.2, 0.25) is 0 Å². The minimum absolute atomic E-state index is 0.124. The second-order valence-corrected chi connectivity index (χ2v) is 6.27. The van der Waals surface area contributed by atoms with E-state index in [-0.39, 0.29) is 12.2 Å². The van der Waals surface area contributed by atoms with Gasteiger partial charge in [-0.1, -0.05) is 0 Å². The molecule has 0 amide bonds. The van der Waals surface area contributed by atoms with E-state index >= 15 is 0 Å². The highest BCUT2D eigenvalue weighted by molar-refractivity contribution is 9.10. The zero-order valence-corrected chi connectivity index (χ0v) is 13.3. The number of ether oxygens (including phenoxy) is 1. The molecule has 0 bridgehead atoms. The summed E-state index contributed by atoms with van der Waals surface area (Å²) in [6.07, 6.45) is 3.13. The topological polar surface area (TPSA) is 50.5 Å². The van der Waals surface area contributed by atoms with Gasteiger partial charge in [0.25, 0.3) is 0 Å². The average Bonchev–Trinajstić information content (AvgIpc) is 2.92. The minimum atomic E-state index is -0.621. The van der Waals surface area contributed by atoms with Gasteiger partial charge >= 0.3 is 0 Å². The van der Waals surface area contributed by atoms with Gasteiger partial charge in [-0.3, -0.25) is 4.68 Å². The van der Waals surface area contributed by atoms with Gasteiger partial charge < -0.3 is 14.7 Å². The summed E-state index contributed by atoms with van der Waals surface area (Å²) in [4.78, 5) is 2.10. The molecule has 1 saturated heterocycles. The SMILES string of the molecule is CC1CCC(C(O)c2c(Br)cnn2CCN(C)C)O1. The second-order valence-electron chi connectivity index (χ2n) is 5.41. The maximum Gasteiger partial charge on any atom is 0.123 e. The molecule has 2 rings (SSSR count). The lowest BCUT2D eigenvalue weighted by atomic mass is 10.1. The van der Waals surface area contributed by atoms with E-state index < -0.39 is 6.10 Å². The standard InChI is InChI=1S/C13H22BrN3O2/c1-9-4-5-11(19-9)13(18)12-10(14)8-15-17(12)7-6-16(2)3/h8-9,11,13,18H,4-7H2,1-3H3. The van der Waals surface area contributed by atoms with Crippen LogP contribution in [0.2, 0.25) is 0 Å². The van der Waals surface area contributed by atoms with Crippen LogP contribution in [0, 0.1) is 0 Å². The summed E-state index contributed by atoms with van der Waals surface area (Å²) in [5.74, 6) is 0. The van der Waals surface area contributed by atoms with Crippen molar-refractivity contribution in [3.8, 4) is 0 Å². The van der Waals surface area contributed by atoms with Crippen molar-refractivity contribution < 1.29 is 9.84 Å². The van der Waals surface area contributed by atoms with Crippen LogP contribution in [0.15, 0.2) is 10.7 Å². The molecule has 19 heavy (non-hydrogen) atoms. The van der Waals surface area contributed by atoms with Crippen molar-refractivity contribution in [1.82, 2.24) is 14.7 Å². The number of aromatic nitrogens is 2.